The van der Waals surface area contributed by atoms with Crippen molar-refractivity contribution >= 4 is 11.9 Å². The lowest BCUT2D eigenvalue weighted by Crippen LogP contribution is -2.52. The van der Waals surface area contributed by atoms with E-state index < -0.39 is 17.4 Å². The van der Waals surface area contributed by atoms with Gasteiger partial charge in [-0.2, -0.15) is 5.10 Å². The van der Waals surface area contributed by atoms with Gasteiger partial charge in [-0.05, 0) is 25.3 Å². The number of amides is 1. The summed E-state index contributed by atoms with van der Waals surface area (Å²) < 4.78 is 1.47. The Balaban J connectivity index is 2.98. The van der Waals surface area contributed by atoms with Crippen molar-refractivity contribution in [3.63, 3.8) is 0 Å². The lowest BCUT2D eigenvalue weighted by atomic mass is 9.99. The second-order valence-electron chi connectivity index (χ2n) is 5.18. The van der Waals surface area contributed by atoms with Crippen molar-refractivity contribution in [2.24, 2.45) is 7.05 Å². The summed E-state index contributed by atoms with van der Waals surface area (Å²) in [7, 11) is 1.67. The number of hydrogen-bond donors (Lipinski definition) is 2. The van der Waals surface area contributed by atoms with E-state index in [1.165, 1.54) is 11.6 Å². The summed E-state index contributed by atoms with van der Waals surface area (Å²) in [6.45, 7) is 7.18. The third kappa shape index (κ3) is 3.13. The third-order valence-corrected chi connectivity index (χ3v) is 3.29. The van der Waals surface area contributed by atoms with Gasteiger partial charge in [0.25, 0.3) is 5.91 Å². The molecule has 0 aliphatic carbocycles. The fourth-order valence-electron chi connectivity index (χ4n) is 1.59. The van der Waals surface area contributed by atoms with Crippen molar-refractivity contribution in [3.8, 4) is 0 Å². The number of aromatic nitrogens is 2. The molecule has 1 unspecified atom stereocenters. The molecule has 106 valence electrons. The molecule has 1 aromatic heterocycles. The Bertz CT molecular complexity index is 493. The predicted molar refractivity (Wildman–Crippen MR) is 71.1 cm³/mol. The molecule has 0 fully saturated rings. The zero-order valence-electron chi connectivity index (χ0n) is 12.0. The van der Waals surface area contributed by atoms with E-state index in [4.69, 9.17) is 5.11 Å². The minimum absolute atomic E-state index is 0.213. The highest BCUT2D eigenvalue weighted by atomic mass is 16.4. The van der Waals surface area contributed by atoms with Crippen LogP contribution in [-0.2, 0) is 11.8 Å². The van der Waals surface area contributed by atoms with Crippen molar-refractivity contribution in [3.05, 3.63) is 17.5 Å². The molecule has 6 nitrogen and oxygen atoms in total. The first-order chi connectivity index (χ1) is 8.71. The number of carboxylic acids is 1. The Labute approximate surface area is 112 Å². The van der Waals surface area contributed by atoms with E-state index in [9.17, 15) is 9.59 Å². The highest BCUT2D eigenvalue weighted by Crippen LogP contribution is 2.15. The van der Waals surface area contributed by atoms with Gasteiger partial charge in [0, 0.05) is 7.05 Å². The third-order valence-electron chi connectivity index (χ3n) is 3.29. The zero-order valence-corrected chi connectivity index (χ0v) is 12.0. The molecular formula is C13H21N3O3. The number of nitrogens with one attached hydrogen (secondary N) is 1. The summed E-state index contributed by atoms with van der Waals surface area (Å²) >= 11 is 0. The van der Waals surface area contributed by atoms with Crippen LogP contribution in [0.5, 0.6) is 0 Å². The SMILES string of the molecule is CCC(C)(NC(=O)c1cc(C(C)C)nn1C)C(=O)O. The second-order valence-corrected chi connectivity index (χ2v) is 5.18. The van der Waals surface area contributed by atoms with E-state index in [0.29, 0.717) is 12.1 Å². The first-order valence-electron chi connectivity index (χ1n) is 6.31. The van der Waals surface area contributed by atoms with Crippen LogP contribution >= 0.6 is 0 Å². The molecule has 0 bridgehead atoms. The summed E-state index contributed by atoms with van der Waals surface area (Å²) in [6.07, 6.45) is 0.308. The Morgan fingerprint density at radius 2 is 2.11 bits per heavy atom. The van der Waals surface area contributed by atoms with Crippen LogP contribution in [0.2, 0.25) is 0 Å². The smallest absolute Gasteiger partial charge is 0.329 e. The molecule has 1 atom stereocenters. The molecule has 6 heteroatoms. The molecule has 0 saturated heterocycles. The highest BCUT2D eigenvalue weighted by molar-refractivity contribution is 5.96. The standard InChI is InChI=1S/C13H21N3O3/c1-6-13(4,12(18)19)14-11(17)10-7-9(8(2)3)15-16(10)5/h7-8H,6H2,1-5H3,(H,14,17)(H,18,19). The van der Waals surface area contributed by atoms with E-state index in [1.807, 2.05) is 13.8 Å². The van der Waals surface area contributed by atoms with Crippen LogP contribution in [0.25, 0.3) is 0 Å². The first kappa shape index (κ1) is 15.2. The van der Waals surface area contributed by atoms with Gasteiger partial charge in [0.1, 0.15) is 11.2 Å². The highest BCUT2D eigenvalue weighted by Gasteiger charge is 2.33. The van der Waals surface area contributed by atoms with Gasteiger partial charge in [-0.25, -0.2) is 4.79 Å². The zero-order chi connectivity index (χ0) is 14.8. The monoisotopic (exact) mass is 267 g/mol. The molecule has 0 saturated carbocycles. The van der Waals surface area contributed by atoms with Crippen molar-refractivity contribution in [1.82, 2.24) is 15.1 Å². The van der Waals surface area contributed by atoms with E-state index in [1.54, 1.807) is 20.0 Å². The Morgan fingerprint density at radius 1 is 1.53 bits per heavy atom. The minimum Gasteiger partial charge on any atom is -0.480 e. The molecule has 1 amide bonds. The average molecular weight is 267 g/mol. The van der Waals surface area contributed by atoms with E-state index in [2.05, 4.69) is 10.4 Å². The van der Waals surface area contributed by atoms with Gasteiger partial charge in [-0.1, -0.05) is 20.8 Å². The summed E-state index contributed by atoms with van der Waals surface area (Å²) in [5.41, 5.74) is -0.0925. The van der Waals surface area contributed by atoms with Crippen LogP contribution in [0.3, 0.4) is 0 Å². The number of carbonyl (C=O) groups is 2. The van der Waals surface area contributed by atoms with Gasteiger partial charge in [-0.3, -0.25) is 9.48 Å². The fourth-order valence-corrected chi connectivity index (χ4v) is 1.59. The van der Waals surface area contributed by atoms with Crippen molar-refractivity contribution < 1.29 is 14.7 Å². The van der Waals surface area contributed by atoms with Crippen molar-refractivity contribution in [2.75, 3.05) is 0 Å². The molecule has 1 aromatic rings. The molecule has 19 heavy (non-hydrogen) atoms. The normalized spacial score (nSPS) is 14.2. The summed E-state index contributed by atoms with van der Waals surface area (Å²) in [4.78, 5) is 23.3. The number of carbonyl (C=O) groups excluding carboxylic acids is 1. The molecule has 0 aliphatic heterocycles. The molecule has 0 aliphatic rings. The molecule has 0 aromatic carbocycles. The summed E-state index contributed by atoms with van der Waals surface area (Å²) in [5.74, 6) is -1.26. The van der Waals surface area contributed by atoms with E-state index >= 15 is 0 Å². The van der Waals surface area contributed by atoms with Crippen LogP contribution in [0, 0.1) is 0 Å². The topological polar surface area (TPSA) is 84.2 Å². The lowest BCUT2D eigenvalue weighted by Gasteiger charge is -2.24. The second kappa shape index (κ2) is 5.42. The van der Waals surface area contributed by atoms with Gasteiger partial charge in [0.2, 0.25) is 0 Å². The molecule has 1 heterocycles. The predicted octanol–water partition coefficient (Wildman–Crippen LogP) is 1.53. The summed E-state index contributed by atoms with van der Waals surface area (Å²) in [5, 5.41) is 15.9. The van der Waals surface area contributed by atoms with Gasteiger partial charge >= 0.3 is 5.97 Å². The Hall–Kier alpha value is -1.85. The summed E-state index contributed by atoms with van der Waals surface area (Å²) in [6, 6.07) is 1.69. The number of hydrogen-bond acceptors (Lipinski definition) is 3. The molecular weight excluding hydrogens is 246 g/mol. The lowest BCUT2D eigenvalue weighted by molar-refractivity contribution is -0.143. The Morgan fingerprint density at radius 3 is 2.47 bits per heavy atom. The first-order valence-corrected chi connectivity index (χ1v) is 6.31. The molecule has 0 radical (unpaired) electrons. The number of nitrogens with zero attached hydrogens (tertiary/aromatic N) is 2. The number of rotatable bonds is 5. The van der Waals surface area contributed by atoms with Gasteiger partial charge < -0.3 is 10.4 Å². The van der Waals surface area contributed by atoms with Crippen LogP contribution in [0.1, 0.15) is 56.2 Å². The maximum absolute atomic E-state index is 12.1. The quantitative estimate of drug-likeness (QED) is 0.847. The fraction of sp³-hybridized carbons (Fsp3) is 0.615. The maximum atomic E-state index is 12.1. The van der Waals surface area contributed by atoms with Gasteiger partial charge in [-0.15, -0.1) is 0 Å². The van der Waals surface area contributed by atoms with Crippen molar-refractivity contribution in [2.45, 2.75) is 45.6 Å². The Kier molecular flexibility index (Phi) is 4.34. The van der Waals surface area contributed by atoms with E-state index in [0.717, 1.165) is 5.69 Å². The number of aliphatic carboxylic acids is 1. The van der Waals surface area contributed by atoms with Gasteiger partial charge in [0.15, 0.2) is 0 Å². The van der Waals surface area contributed by atoms with E-state index in [-0.39, 0.29) is 5.92 Å². The molecule has 0 spiro atoms. The number of carboxylic acid groups (broad SMARTS) is 1. The van der Waals surface area contributed by atoms with Crippen molar-refractivity contribution in [1.29, 1.82) is 0 Å². The average Bonchev–Trinajstić information content (AvgIpc) is 2.71. The molecule has 2 N–H and O–H groups in total. The maximum Gasteiger partial charge on any atom is 0.329 e. The van der Waals surface area contributed by atoms with Crippen LogP contribution in [0.4, 0.5) is 0 Å². The molecule has 1 rings (SSSR count). The minimum atomic E-state index is -1.26. The van der Waals surface area contributed by atoms with Gasteiger partial charge in [0.05, 0.1) is 5.69 Å². The number of aryl methyl sites for hydroxylation is 1. The largest absolute Gasteiger partial charge is 0.480 e. The van der Waals surface area contributed by atoms with Crippen LogP contribution in [0.15, 0.2) is 6.07 Å². The van der Waals surface area contributed by atoms with Crippen LogP contribution < -0.4 is 5.32 Å². The van der Waals surface area contributed by atoms with Crippen LogP contribution in [-0.4, -0.2) is 32.3 Å².